The Morgan fingerprint density at radius 1 is 1.06 bits per heavy atom. The highest BCUT2D eigenvalue weighted by Crippen LogP contribution is 2.18. The van der Waals surface area contributed by atoms with Crippen molar-refractivity contribution in [3.8, 4) is 0 Å². The molecule has 1 aliphatic rings. The van der Waals surface area contributed by atoms with Crippen LogP contribution in [-0.2, 0) is 27.2 Å². The average Bonchev–Trinajstić information content (AvgIpc) is 2.81. The van der Waals surface area contributed by atoms with Gasteiger partial charge in [-0.1, -0.05) is 31.2 Å². The molecular formula is C24H29N5O3. The molecule has 2 aromatic heterocycles. The lowest BCUT2D eigenvalue weighted by molar-refractivity contribution is 0.0950. The monoisotopic (exact) mass is 435 g/mol. The van der Waals surface area contributed by atoms with Crippen molar-refractivity contribution < 1.29 is 4.79 Å². The van der Waals surface area contributed by atoms with Gasteiger partial charge < -0.3 is 5.32 Å². The first-order chi connectivity index (χ1) is 15.3. The average molecular weight is 436 g/mol. The minimum absolute atomic E-state index is 0.235. The third-order valence-corrected chi connectivity index (χ3v) is 6.31. The standard InChI is InChI=1S/C24H29N5O3/c1-16-8-10-29(11-9-16)15-18-6-4-17(5-7-18)13-26-22(30)19-12-20-21(25-14-19)27(2)24(32)28(3)23(20)31/h4-7,12,14,16H,8-11,13,15H2,1-3H3,(H,26,30). The van der Waals surface area contributed by atoms with E-state index in [0.717, 1.165) is 35.7 Å². The van der Waals surface area contributed by atoms with Crippen molar-refractivity contribution >= 4 is 16.9 Å². The maximum Gasteiger partial charge on any atom is 0.332 e. The molecule has 1 amide bonds. The van der Waals surface area contributed by atoms with E-state index in [0.29, 0.717) is 6.54 Å². The number of hydrogen-bond donors (Lipinski definition) is 1. The van der Waals surface area contributed by atoms with Gasteiger partial charge in [0.25, 0.3) is 11.5 Å². The molecule has 1 saturated heterocycles. The Kier molecular flexibility index (Phi) is 6.23. The summed E-state index contributed by atoms with van der Waals surface area (Å²) in [6.07, 6.45) is 3.91. The second-order valence-corrected chi connectivity index (χ2v) is 8.76. The number of aryl methyl sites for hydroxylation is 1. The van der Waals surface area contributed by atoms with Crippen LogP contribution in [0.1, 0.15) is 41.3 Å². The second kappa shape index (κ2) is 9.08. The van der Waals surface area contributed by atoms with E-state index < -0.39 is 11.2 Å². The zero-order valence-corrected chi connectivity index (χ0v) is 18.8. The van der Waals surface area contributed by atoms with Gasteiger partial charge in [0.05, 0.1) is 10.9 Å². The normalized spacial score (nSPS) is 15.2. The molecule has 168 valence electrons. The van der Waals surface area contributed by atoms with Gasteiger partial charge in [-0.3, -0.25) is 23.6 Å². The highest BCUT2D eigenvalue weighted by Gasteiger charge is 2.16. The Hall–Kier alpha value is -3.26. The summed E-state index contributed by atoms with van der Waals surface area (Å²) < 4.78 is 2.31. The Morgan fingerprint density at radius 2 is 1.72 bits per heavy atom. The summed E-state index contributed by atoms with van der Waals surface area (Å²) in [5, 5.41) is 3.11. The van der Waals surface area contributed by atoms with Crippen molar-refractivity contribution in [2.45, 2.75) is 32.9 Å². The number of piperidine rings is 1. The molecule has 4 rings (SSSR count). The quantitative estimate of drug-likeness (QED) is 0.660. The van der Waals surface area contributed by atoms with E-state index in [9.17, 15) is 14.4 Å². The summed E-state index contributed by atoms with van der Waals surface area (Å²) in [5.74, 6) is 0.506. The predicted octanol–water partition coefficient (Wildman–Crippen LogP) is 1.79. The minimum atomic E-state index is -0.469. The van der Waals surface area contributed by atoms with Crippen LogP contribution < -0.4 is 16.6 Å². The van der Waals surface area contributed by atoms with Crippen LogP contribution in [0.4, 0.5) is 0 Å². The molecule has 1 aliphatic heterocycles. The summed E-state index contributed by atoms with van der Waals surface area (Å²) in [6, 6.07) is 9.78. The summed E-state index contributed by atoms with van der Waals surface area (Å²) in [4.78, 5) is 43.8. The molecule has 1 aromatic carbocycles. The molecule has 32 heavy (non-hydrogen) atoms. The molecule has 0 radical (unpaired) electrons. The van der Waals surface area contributed by atoms with Crippen LogP contribution in [0.5, 0.6) is 0 Å². The summed E-state index contributed by atoms with van der Waals surface area (Å²) in [5.41, 5.74) is 1.89. The van der Waals surface area contributed by atoms with E-state index >= 15 is 0 Å². The van der Waals surface area contributed by atoms with E-state index in [2.05, 4.69) is 34.3 Å². The van der Waals surface area contributed by atoms with Gasteiger partial charge in [-0.15, -0.1) is 0 Å². The number of likely N-dealkylation sites (tertiary alicyclic amines) is 1. The minimum Gasteiger partial charge on any atom is -0.348 e. The van der Waals surface area contributed by atoms with Crippen molar-refractivity contribution in [2.75, 3.05) is 13.1 Å². The van der Waals surface area contributed by atoms with Crippen LogP contribution >= 0.6 is 0 Å². The fraction of sp³-hybridized carbons (Fsp3) is 0.417. The highest BCUT2D eigenvalue weighted by atomic mass is 16.2. The Bertz CT molecular complexity index is 1250. The van der Waals surface area contributed by atoms with Crippen LogP contribution in [-0.4, -0.2) is 38.0 Å². The fourth-order valence-corrected chi connectivity index (χ4v) is 4.11. The van der Waals surface area contributed by atoms with Crippen molar-refractivity contribution in [2.24, 2.45) is 20.0 Å². The molecule has 0 saturated carbocycles. The van der Waals surface area contributed by atoms with Crippen LogP contribution in [0.2, 0.25) is 0 Å². The molecular weight excluding hydrogens is 406 g/mol. The molecule has 1 fully saturated rings. The number of amides is 1. The highest BCUT2D eigenvalue weighted by molar-refractivity contribution is 5.96. The Labute approximate surface area is 186 Å². The molecule has 0 atom stereocenters. The third-order valence-electron chi connectivity index (χ3n) is 6.31. The fourth-order valence-electron chi connectivity index (χ4n) is 4.11. The van der Waals surface area contributed by atoms with E-state index in [-0.39, 0.29) is 22.5 Å². The zero-order chi connectivity index (χ0) is 22.8. The molecule has 3 aromatic rings. The van der Waals surface area contributed by atoms with Gasteiger partial charge in [0.15, 0.2) is 0 Å². The summed E-state index contributed by atoms with van der Waals surface area (Å²) >= 11 is 0. The van der Waals surface area contributed by atoms with Gasteiger partial charge in [-0.05, 0) is 49.0 Å². The second-order valence-electron chi connectivity index (χ2n) is 8.76. The zero-order valence-electron chi connectivity index (χ0n) is 18.8. The number of pyridine rings is 1. The lowest BCUT2D eigenvalue weighted by atomic mass is 9.99. The molecule has 0 bridgehead atoms. The lowest BCUT2D eigenvalue weighted by Crippen LogP contribution is -2.37. The van der Waals surface area contributed by atoms with Crippen LogP contribution in [0.3, 0.4) is 0 Å². The van der Waals surface area contributed by atoms with Crippen molar-refractivity contribution in [3.05, 3.63) is 74.1 Å². The number of rotatable bonds is 5. The topological polar surface area (TPSA) is 89.2 Å². The van der Waals surface area contributed by atoms with Crippen molar-refractivity contribution in [1.29, 1.82) is 0 Å². The van der Waals surface area contributed by atoms with E-state index in [1.165, 1.54) is 42.3 Å². The first kappa shape index (κ1) is 22.0. The molecule has 0 unspecified atom stereocenters. The van der Waals surface area contributed by atoms with Crippen molar-refractivity contribution in [1.82, 2.24) is 24.3 Å². The van der Waals surface area contributed by atoms with Gasteiger partial charge >= 0.3 is 5.69 Å². The van der Waals surface area contributed by atoms with Gasteiger partial charge in [0.1, 0.15) is 5.65 Å². The largest absolute Gasteiger partial charge is 0.348 e. The maximum atomic E-state index is 12.6. The van der Waals surface area contributed by atoms with E-state index in [1.54, 1.807) is 7.05 Å². The Balaban J connectivity index is 1.41. The number of carbonyl (C=O) groups is 1. The summed E-state index contributed by atoms with van der Waals surface area (Å²) in [6.45, 7) is 5.95. The molecule has 1 N–H and O–H groups in total. The number of benzene rings is 1. The van der Waals surface area contributed by atoms with Gasteiger partial charge in [0, 0.05) is 33.4 Å². The third kappa shape index (κ3) is 4.50. The number of nitrogens with zero attached hydrogens (tertiary/aromatic N) is 4. The molecule has 3 heterocycles. The van der Waals surface area contributed by atoms with E-state index in [4.69, 9.17) is 0 Å². The Morgan fingerprint density at radius 3 is 2.41 bits per heavy atom. The van der Waals surface area contributed by atoms with Crippen LogP contribution in [0, 0.1) is 5.92 Å². The number of hydrogen-bond acceptors (Lipinski definition) is 5. The van der Waals surface area contributed by atoms with Gasteiger partial charge in [0.2, 0.25) is 0 Å². The first-order valence-corrected chi connectivity index (χ1v) is 11.0. The maximum absolute atomic E-state index is 12.6. The number of nitrogens with one attached hydrogen (secondary N) is 1. The van der Waals surface area contributed by atoms with E-state index in [1.807, 2.05) is 12.1 Å². The molecule has 8 nitrogen and oxygen atoms in total. The lowest BCUT2D eigenvalue weighted by Gasteiger charge is -2.30. The molecule has 0 aliphatic carbocycles. The number of aromatic nitrogens is 3. The van der Waals surface area contributed by atoms with Crippen molar-refractivity contribution in [3.63, 3.8) is 0 Å². The number of fused-ring (bicyclic) bond motifs is 1. The van der Waals surface area contributed by atoms with Crippen LogP contribution in [0.25, 0.3) is 11.0 Å². The summed E-state index contributed by atoms with van der Waals surface area (Å²) in [7, 11) is 2.96. The molecule has 0 spiro atoms. The first-order valence-electron chi connectivity index (χ1n) is 11.0. The van der Waals surface area contributed by atoms with Gasteiger partial charge in [-0.2, -0.15) is 0 Å². The van der Waals surface area contributed by atoms with Gasteiger partial charge in [-0.25, -0.2) is 9.78 Å². The SMILES string of the molecule is CC1CCN(Cc2ccc(CNC(=O)c3cnc4c(c3)c(=O)n(C)c(=O)n4C)cc2)CC1. The predicted molar refractivity (Wildman–Crippen MR) is 124 cm³/mol. The molecule has 8 heteroatoms. The number of carbonyl (C=O) groups excluding carboxylic acids is 1. The van der Waals surface area contributed by atoms with Crippen LogP contribution in [0.15, 0.2) is 46.1 Å². The smallest absolute Gasteiger partial charge is 0.332 e.